The van der Waals surface area contributed by atoms with E-state index in [1.54, 1.807) is 12.4 Å². The van der Waals surface area contributed by atoms with Gasteiger partial charge in [-0.25, -0.2) is 9.97 Å². The maximum Gasteiger partial charge on any atom is 0.232 e. The molecule has 18 bridgehead atoms. The highest BCUT2D eigenvalue weighted by atomic mass is 16.5. The van der Waals surface area contributed by atoms with Crippen LogP contribution in [0.4, 0.5) is 0 Å². The van der Waals surface area contributed by atoms with Crippen LogP contribution >= 0.6 is 0 Å². The second-order valence-corrected chi connectivity index (χ2v) is 12.8. The summed E-state index contributed by atoms with van der Waals surface area (Å²) in [6, 6.07) is 34.7. The molecule has 49 heavy (non-hydrogen) atoms. The Labute approximate surface area is 282 Å². The molecule has 0 fully saturated rings. The predicted molar refractivity (Wildman–Crippen MR) is 190 cm³/mol. The maximum atomic E-state index is 6.37. The van der Waals surface area contributed by atoms with E-state index in [0.717, 1.165) is 72.3 Å². The maximum absolute atomic E-state index is 6.37. The summed E-state index contributed by atoms with van der Waals surface area (Å²) in [6.45, 7) is 3.01. The van der Waals surface area contributed by atoms with E-state index in [0.29, 0.717) is 51.9 Å². The zero-order valence-electron chi connectivity index (χ0n) is 26.8. The minimum absolute atomic E-state index is 0.475. The summed E-state index contributed by atoms with van der Waals surface area (Å²) in [7, 11) is 0. The Bertz CT molecular complexity index is 2230. The van der Waals surface area contributed by atoms with Gasteiger partial charge in [0.2, 0.25) is 5.88 Å². The van der Waals surface area contributed by atoms with Crippen molar-refractivity contribution in [1.29, 1.82) is 0 Å². The van der Waals surface area contributed by atoms with E-state index in [2.05, 4.69) is 99.0 Å². The van der Waals surface area contributed by atoms with Crippen LogP contribution < -0.4 is 9.47 Å². The Morgan fingerprint density at radius 3 is 1.45 bits per heavy atom. The molecule has 8 aromatic rings. The van der Waals surface area contributed by atoms with Crippen LogP contribution in [-0.2, 0) is 35.9 Å². The fourth-order valence-corrected chi connectivity index (χ4v) is 7.31. The third-order valence-electron chi connectivity index (χ3n) is 9.61. The average molecular weight is 645 g/mol. The summed E-state index contributed by atoms with van der Waals surface area (Å²) in [5, 5.41) is 4.64. The molecule has 0 saturated heterocycles. The van der Waals surface area contributed by atoms with Crippen LogP contribution in [0.25, 0.3) is 55.1 Å². The molecule has 0 radical (unpaired) electrons. The number of rotatable bonds is 0. The molecule has 13 aliphatic rings. The predicted octanol–water partition coefficient (Wildman–Crippen LogP) is 8.58. The van der Waals surface area contributed by atoms with Crippen LogP contribution in [0.5, 0.6) is 11.6 Å². The Kier molecular flexibility index (Phi) is 6.63. The lowest BCUT2D eigenvalue weighted by molar-refractivity contribution is 0.107. The third-order valence-corrected chi connectivity index (χ3v) is 9.61. The number of hydrogen-bond acceptors (Lipinski definition) is 6. The molecule has 240 valence electrons. The molecule has 0 saturated carbocycles. The first kappa shape index (κ1) is 28.3. The number of benzene rings is 5. The SMILES string of the molecule is c1cc2c3cc1COCc1ccc4c(c1)c1cc5ccc1n4-c1cnc(cn1)OCCCOc1ccc(cc1)-n2c1ccc(cc31)COC5. The zero-order chi connectivity index (χ0) is 32.3. The van der Waals surface area contributed by atoms with Crippen molar-refractivity contribution in [3.05, 3.63) is 132 Å². The van der Waals surface area contributed by atoms with Crippen LogP contribution in [0.15, 0.2) is 109 Å². The van der Waals surface area contributed by atoms with Crippen LogP contribution in [0.1, 0.15) is 28.7 Å². The lowest BCUT2D eigenvalue weighted by atomic mass is 10.1. The van der Waals surface area contributed by atoms with Crippen molar-refractivity contribution in [2.75, 3.05) is 13.2 Å². The Balaban J connectivity index is 1.16. The van der Waals surface area contributed by atoms with Gasteiger partial charge in [0, 0.05) is 33.7 Å². The van der Waals surface area contributed by atoms with Gasteiger partial charge in [0.25, 0.3) is 0 Å². The third kappa shape index (κ3) is 4.91. The van der Waals surface area contributed by atoms with Crippen molar-refractivity contribution in [2.45, 2.75) is 32.8 Å². The van der Waals surface area contributed by atoms with Gasteiger partial charge in [0.15, 0.2) is 5.82 Å². The number of aromatic nitrogens is 4. The van der Waals surface area contributed by atoms with Gasteiger partial charge in [-0.05, 0) is 95.1 Å². The summed E-state index contributed by atoms with van der Waals surface area (Å²) < 4.78 is 29.3. The molecule has 16 heterocycles. The summed E-state index contributed by atoms with van der Waals surface area (Å²) in [4.78, 5) is 9.40. The molecular formula is C41H32N4O4. The van der Waals surface area contributed by atoms with E-state index >= 15 is 0 Å². The molecule has 0 spiro atoms. The van der Waals surface area contributed by atoms with E-state index in [4.69, 9.17) is 23.9 Å². The van der Waals surface area contributed by atoms with Gasteiger partial charge in [-0.3, -0.25) is 4.57 Å². The molecule has 13 aliphatic heterocycles. The molecule has 0 atom stereocenters. The molecule has 5 aromatic carbocycles. The molecule has 0 amide bonds. The van der Waals surface area contributed by atoms with Crippen molar-refractivity contribution in [2.24, 2.45) is 0 Å². The zero-order valence-corrected chi connectivity index (χ0v) is 26.8. The first-order chi connectivity index (χ1) is 24.2. The van der Waals surface area contributed by atoms with Gasteiger partial charge in [-0.2, -0.15) is 0 Å². The van der Waals surface area contributed by atoms with Gasteiger partial charge >= 0.3 is 0 Å². The number of nitrogens with zero attached hydrogens (tertiary/aromatic N) is 4. The second kappa shape index (κ2) is 11.5. The summed E-state index contributed by atoms with van der Waals surface area (Å²) in [5.74, 6) is 2.03. The molecule has 0 N–H and O–H groups in total. The minimum atomic E-state index is 0.475. The van der Waals surface area contributed by atoms with Crippen molar-refractivity contribution < 1.29 is 18.9 Å². The standard InChI is InChI=1S/C41H32N4O4/c1-14-48-31-8-6-30(7-9-31)44-36-10-2-26-16-32(36)33-17-27(3-11-37(33)44)23-47-25-29-5-13-39-35(19-29)34-18-28(24-46-22-26)4-12-38(34)45(39)40-20-43-41(21-42-40)49-15-1/h2-13,16-21H,1,14-15,22-25H2. The first-order valence-corrected chi connectivity index (χ1v) is 16.7. The molecule has 0 unspecified atom stereocenters. The summed E-state index contributed by atoms with van der Waals surface area (Å²) in [6.07, 6.45) is 4.19. The van der Waals surface area contributed by atoms with Gasteiger partial charge in [-0.15, -0.1) is 0 Å². The number of hydrogen-bond donors (Lipinski definition) is 0. The largest absolute Gasteiger partial charge is 0.493 e. The lowest BCUT2D eigenvalue weighted by Gasteiger charge is -2.12. The van der Waals surface area contributed by atoms with Crippen LogP contribution in [-0.4, -0.2) is 32.3 Å². The van der Waals surface area contributed by atoms with Gasteiger partial charge in [-0.1, -0.05) is 24.3 Å². The second-order valence-electron chi connectivity index (χ2n) is 12.8. The van der Waals surface area contributed by atoms with Crippen molar-refractivity contribution in [3.63, 3.8) is 0 Å². The van der Waals surface area contributed by atoms with Crippen LogP contribution in [0, 0.1) is 0 Å². The highest BCUT2D eigenvalue weighted by Gasteiger charge is 2.17. The monoisotopic (exact) mass is 644 g/mol. The highest BCUT2D eigenvalue weighted by Crippen LogP contribution is 2.36. The van der Waals surface area contributed by atoms with E-state index in [1.165, 1.54) is 10.8 Å². The Morgan fingerprint density at radius 2 is 0.959 bits per heavy atom. The average Bonchev–Trinajstić information content (AvgIpc) is 3.63. The molecule has 21 rings (SSSR count). The summed E-state index contributed by atoms with van der Waals surface area (Å²) >= 11 is 0. The highest BCUT2D eigenvalue weighted by molar-refractivity contribution is 6.10. The minimum Gasteiger partial charge on any atom is -0.493 e. The fourth-order valence-electron chi connectivity index (χ4n) is 7.31. The smallest absolute Gasteiger partial charge is 0.232 e. The molecule has 8 heteroatoms. The van der Waals surface area contributed by atoms with Crippen molar-refractivity contribution in [3.8, 4) is 23.1 Å². The molecular weight excluding hydrogens is 612 g/mol. The molecule has 8 nitrogen and oxygen atoms in total. The van der Waals surface area contributed by atoms with Gasteiger partial charge in [0.1, 0.15) is 5.75 Å². The topological polar surface area (TPSA) is 72.6 Å². The van der Waals surface area contributed by atoms with Gasteiger partial charge in [0.05, 0.1) is 74.1 Å². The fraction of sp³-hybridized carbons (Fsp3) is 0.171. The lowest BCUT2D eigenvalue weighted by Crippen LogP contribution is -2.07. The van der Waals surface area contributed by atoms with Gasteiger partial charge < -0.3 is 23.5 Å². The number of ether oxygens (including phenoxy) is 4. The first-order valence-electron chi connectivity index (χ1n) is 16.7. The normalized spacial score (nSPS) is 14.9. The van der Waals surface area contributed by atoms with Crippen LogP contribution in [0.2, 0.25) is 0 Å². The quantitative estimate of drug-likeness (QED) is 0.165. The van der Waals surface area contributed by atoms with E-state index in [-0.39, 0.29) is 0 Å². The summed E-state index contributed by atoms with van der Waals surface area (Å²) in [5.41, 5.74) is 9.95. The van der Waals surface area contributed by atoms with E-state index in [9.17, 15) is 0 Å². The van der Waals surface area contributed by atoms with E-state index in [1.807, 2.05) is 12.1 Å². The van der Waals surface area contributed by atoms with Crippen molar-refractivity contribution in [1.82, 2.24) is 19.1 Å². The van der Waals surface area contributed by atoms with Crippen LogP contribution in [0.3, 0.4) is 0 Å². The van der Waals surface area contributed by atoms with E-state index < -0.39 is 0 Å². The van der Waals surface area contributed by atoms with Crippen molar-refractivity contribution >= 4 is 43.6 Å². The Morgan fingerprint density at radius 1 is 0.469 bits per heavy atom. The Hall–Kier alpha value is -5.70. The molecule has 0 aliphatic carbocycles. The molecule has 3 aromatic heterocycles.